The summed E-state index contributed by atoms with van der Waals surface area (Å²) in [4.78, 5) is 24.1. The van der Waals surface area contributed by atoms with Crippen molar-refractivity contribution in [2.75, 3.05) is 14.1 Å². The Kier molecular flexibility index (Phi) is 2.80. The van der Waals surface area contributed by atoms with Gasteiger partial charge in [0.25, 0.3) is 5.91 Å². The molecule has 0 aliphatic rings. The second-order valence-corrected chi connectivity index (χ2v) is 2.89. The van der Waals surface area contributed by atoms with Gasteiger partial charge >= 0.3 is 0 Å². The van der Waals surface area contributed by atoms with Gasteiger partial charge in [-0.15, -0.1) is 0 Å². The third-order valence-electron chi connectivity index (χ3n) is 1.63. The van der Waals surface area contributed by atoms with Gasteiger partial charge in [-0.05, 0) is 12.1 Å². The molecule has 3 heteroatoms. The zero-order valence-electron chi connectivity index (χ0n) is 7.65. The summed E-state index contributed by atoms with van der Waals surface area (Å²) in [6, 6.07) is 7.93. The van der Waals surface area contributed by atoms with Gasteiger partial charge in [-0.1, -0.05) is 18.2 Å². The van der Waals surface area contributed by atoms with E-state index >= 15 is 0 Å². The summed E-state index contributed by atoms with van der Waals surface area (Å²) in [6.45, 7) is 0. The largest absolute Gasteiger partial charge is 0.345 e. The zero-order valence-corrected chi connectivity index (χ0v) is 7.65. The maximum atomic E-state index is 11.4. The van der Waals surface area contributed by atoms with E-state index in [2.05, 4.69) is 0 Å². The normalized spacial score (nSPS) is 9.38. The molecule has 0 bridgehead atoms. The first-order valence-corrected chi connectivity index (χ1v) is 3.94. The van der Waals surface area contributed by atoms with Crippen molar-refractivity contribution in [2.45, 2.75) is 0 Å². The van der Waals surface area contributed by atoms with Gasteiger partial charge in [0.1, 0.15) is 0 Å². The molecular formula is C10H11NO2. The standard InChI is InChI=1S/C10H11NO2/c1-11(2)10(13)8-6-4-3-5-7-9(8)12/h3-7H,1-2H3. The van der Waals surface area contributed by atoms with Crippen LogP contribution in [-0.2, 0) is 0 Å². The molecular weight excluding hydrogens is 166 g/mol. The highest BCUT2D eigenvalue weighted by Crippen LogP contribution is 1.94. The van der Waals surface area contributed by atoms with Crippen molar-refractivity contribution in [1.82, 2.24) is 4.90 Å². The molecule has 0 saturated carbocycles. The van der Waals surface area contributed by atoms with Crippen LogP contribution in [-0.4, -0.2) is 24.9 Å². The Morgan fingerprint density at radius 1 is 1.15 bits per heavy atom. The van der Waals surface area contributed by atoms with E-state index in [9.17, 15) is 9.59 Å². The van der Waals surface area contributed by atoms with E-state index in [-0.39, 0.29) is 16.9 Å². The maximum absolute atomic E-state index is 11.4. The molecule has 68 valence electrons. The topological polar surface area (TPSA) is 37.4 Å². The molecule has 0 spiro atoms. The average molecular weight is 177 g/mol. The minimum absolute atomic E-state index is 0.204. The summed E-state index contributed by atoms with van der Waals surface area (Å²) < 4.78 is 0. The van der Waals surface area contributed by atoms with Crippen molar-refractivity contribution in [2.24, 2.45) is 0 Å². The molecule has 0 heterocycles. The van der Waals surface area contributed by atoms with Gasteiger partial charge in [0.15, 0.2) is 5.43 Å². The van der Waals surface area contributed by atoms with Gasteiger partial charge in [-0.25, -0.2) is 0 Å². The molecule has 1 rings (SSSR count). The highest BCUT2D eigenvalue weighted by molar-refractivity contribution is 5.93. The Morgan fingerprint density at radius 3 is 2.38 bits per heavy atom. The number of amides is 1. The predicted octanol–water partition coefficient (Wildman–Crippen LogP) is 0.749. The van der Waals surface area contributed by atoms with Crippen LogP contribution in [0.4, 0.5) is 0 Å². The van der Waals surface area contributed by atoms with Crippen LogP contribution in [0.1, 0.15) is 10.4 Å². The lowest BCUT2D eigenvalue weighted by Gasteiger charge is -2.07. The van der Waals surface area contributed by atoms with E-state index in [1.54, 1.807) is 32.3 Å². The van der Waals surface area contributed by atoms with Crippen molar-refractivity contribution in [1.29, 1.82) is 0 Å². The Hall–Kier alpha value is -1.64. The number of hydrogen-bond donors (Lipinski definition) is 0. The minimum Gasteiger partial charge on any atom is -0.345 e. The van der Waals surface area contributed by atoms with Gasteiger partial charge < -0.3 is 4.90 Å². The van der Waals surface area contributed by atoms with Crippen molar-refractivity contribution in [3.05, 3.63) is 46.1 Å². The van der Waals surface area contributed by atoms with Crippen LogP contribution < -0.4 is 5.43 Å². The van der Waals surface area contributed by atoms with Gasteiger partial charge in [0, 0.05) is 14.1 Å². The van der Waals surface area contributed by atoms with Crippen LogP contribution in [0.25, 0.3) is 0 Å². The second kappa shape index (κ2) is 3.85. The Labute approximate surface area is 76.6 Å². The van der Waals surface area contributed by atoms with Crippen molar-refractivity contribution in [3.63, 3.8) is 0 Å². The number of hydrogen-bond acceptors (Lipinski definition) is 2. The summed E-state index contributed by atoms with van der Waals surface area (Å²) in [7, 11) is 3.24. The quantitative estimate of drug-likeness (QED) is 0.634. The molecule has 0 radical (unpaired) electrons. The third-order valence-corrected chi connectivity index (χ3v) is 1.63. The molecule has 13 heavy (non-hydrogen) atoms. The third kappa shape index (κ3) is 2.15. The molecule has 0 aromatic heterocycles. The lowest BCUT2D eigenvalue weighted by Crippen LogP contribution is -2.26. The fourth-order valence-electron chi connectivity index (χ4n) is 0.948. The van der Waals surface area contributed by atoms with E-state index in [4.69, 9.17) is 0 Å². The van der Waals surface area contributed by atoms with Gasteiger partial charge in [-0.3, -0.25) is 9.59 Å². The number of nitrogens with zero attached hydrogens (tertiary/aromatic N) is 1. The highest BCUT2D eigenvalue weighted by Gasteiger charge is 2.09. The van der Waals surface area contributed by atoms with Crippen LogP contribution in [0.3, 0.4) is 0 Å². The molecule has 3 nitrogen and oxygen atoms in total. The van der Waals surface area contributed by atoms with E-state index in [0.29, 0.717) is 0 Å². The van der Waals surface area contributed by atoms with Gasteiger partial charge in [0.2, 0.25) is 0 Å². The van der Waals surface area contributed by atoms with Crippen molar-refractivity contribution < 1.29 is 4.79 Å². The van der Waals surface area contributed by atoms with E-state index in [0.717, 1.165) is 0 Å². The molecule has 1 aromatic carbocycles. The molecule has 0 aliphatic carbocycles. The first-order chi connectivity index (χ1) is 6.13. The Morgan fingerprint density at radius 2 is 1.77 bits per heavy atom. The average Bonchev–Trinajstić information content (AvgIpc) is 2.28. The lowest BCUT2D eigenvalue weighted by atomic mass is 10.2. The minimum atomic E-state index is -0.263. The summed E-state index contributed by atoms with van der Waals surface area (Å²) in [5.41, 5.74) is -0.0429. The Balaban J connectivity index is 3.25. The van der Waals surface area contributed by atoms with Gasteiger partial charge in [-0.2, -0.15) is 0 Å². The smallest absolute Gasteiger partial charge is 0.257 e. The first kappa shape index (κ1) is 9.45. The van der Waals surface area contributed by atoms with Crippen LogP contribution in [0.15, 0.2) is 35.1 Å². The molecule has 1 aromatic rings. The highest BCUT2D eigenvalue weighted by atomic mass is 16.2. The molecule has 1 amide bonds. The number of carbonyl (C=O) groups is 1. The summed E-state index contributed by atoms with van der Waals surface area (Å²) in [5, 5.41) is 0. The molecule has 0 atom stereocenters. The SMILES string of the molecule is CN(C)C(=O)c1cccccc1=O. The zero-order chi connectivity index (χ0) is 9.84. The van der Waals surface area contributed by atoms with E-state index < -0.39 is 0 Å². The van der Waals surface area contributed by atoms with E-state index in [1.807, 2.05) is 0 Å². The first-order valence-electron chi connectivity index (χ1n) is 3.94. The number of carbonyl (C=O) groups excluding carboxylic acids is 1. The number of rotatable bonds is 1. The summed E-state index contributed by atoms with van der Waals surface area (Å²) >= 11 is 0. The molecule has 0 N–H and O–H groups in total. The molecule has 0 saturated heterocycles. The molecule has 0 fully saturated rings. The molecule has 0 unspecified atom stereocenters. The summed E-state index contributed by atoms with van der Waals surface area (Å²) in [5.74, 6) is -0.263. The van der Waals surface area contributed by atoms with E-state index in [1.165, 1.54) is 17.0 Å². The van der Waals surface area contributed by atoms with Crippen molar-refractivity contribution in [3.8, 4) is 0 Å². The lowest BCUT2D eigenvalue weighted by molar-refractivity contribution is 0.0826. The van der Waals surface area contributed by atoms with Crippen LogP contribution in [0.5, 0.6) is 0 Å². The second-order valence-electron chi connectivity index (χ2n) is 2.89. The summed E-state index contributed by atoms with van der Waals surface area (Å²) in [6.07, 6.45) is 0. The fraction of sp³-hybridized carbons (Fsp3) is 0.200. The van der Waals surface area contributed by atoms with Crippen LogP contribution in [0, 0.1) is 0 Å². The predicted molar refractivity (Wildman–Crippen MR) is 50.7 cm³/mol. The van der Waals surface area contributed by atoms with Crippen LogP contribution in [0.2, 0.25) is 0 Å². The fourth-order valence-corrected chi connectivity index (χ4v) is 0.948. The monoisotopic (exact) mass is 177 g/mol. The van der Waals surface area contributed by atoms with Crippen LogP contribution >= 0.6 is 0 Å². The van der Waals surface area contributed by atoms with Gasteiger partial charge in [0.05, 0.1) is 5.56 Å². The van der Waals surface area contributed by atoms with Crippen molar-refractivity contribution >= 4 is 5.91 Å². The Bertz CT molecular complexity index is 371. The molecule has 0 aliphatic heterocycles. The maximum Gasteiger partial charge on any atom is 0.257 e.